The van der Waals surface area contributed by atoms with Crippen LogP contribution in [0.5, 0.6) is 11.5 Å². The largest absolute Gasteiger partial charge is 0.508 e. The minimum absolute atomic E-state index is 0.0523. The number of phenolic OH excluding ortho intramolecular Hbond substituents is 2. The molecule has 0 aliphatic heterocycles. The van der Waals surface area contributed by atoms with Crippen LogP contribution in [-0.2, 0) is 4.79 Å². The van der Waals surface area contributed by atoms with Crippen LogP contribution < -0.4 is 5.32 Å². The van der Waals surface area contributed by atoms with Gasteiger partial charge in [-0.05, 0) is 97.2 Å². The van der Waals surface area contributed by atoms with E-state index in [4.69, 9.17) is 0 Å². The predicted molar refractivity (Wildman–Crippen MR) is 147 cm³/mol. The molecule has 190 valence electrons. The van der Waals surface area contributed by atoms with Crippen LogP contribution in [0.1, 0.15) is 93.6 Å². The molecular weight excluding hydrogens is 474 g/mol. The molecule has 6 heteroatoms. The number of rotatable bonds is 10. The van der Waals surface area contributed by atoms with Crippen molar-refractivity contribution in [2.75, 3.05) is 18.1 Å². The summed E-state index contributed by atoms with van der Waals surface area (Å²) in [6, 6.07) is 11.8. The van der Waals surface area contributed by atoms with Crippen molar-refractivity contribution in [3.63, 3.8) is 0 Å². The summed E-state index contributed by atoms with van der Waals surface area (Å²) < 4.78 is 0. The standard InChI is InChI=1S/C29H39NO3S2/c31-27-14-12-23(18-25(27)21-8-3-1-4-9-21)34-17-7-16-30-29(33)20-35-24-13-15-28(32)26(19-24)22-10-5-2-6-11-22/h12-15,18-19,21-22,31-32H,1-11,16-17,20H2,(H,30,33). The predicted octanol–water partition coefficient (Wildman–Crippen LogP) is 7.58. The Kier molecular flexibility index (Phi) is 10.1. The van der Waals surface area contributed by atoms with E-state index in [-0.39, 0.29) is 5.91 Å². The number of hydrogen-bond donors (Lipinski definition) is 3. The Morgan fingerprint density at radius 1 is 0.771 bits per heavy atom. The van der Waals surface area contributed by atoms with E-state index in [2.05, 4.69) is 17.4 Å². The lowest BCUT2D eigenvalue weighted by Crippen LogP contribution is -2.26. The molecule has 0 saturated heterocycles. The van der Waals surface area contributed by atoms with E-state index in [0.29, 0.717) is 35.6 Å². The average molecular weight is 514 g/mol. The van der Waals surface area contributed by atoms with Crippen LogP contribution in [0.4, 0.5) is 0 Å². The zero-order valence-electron chi connectivity index (χ0n) is 20.6. The van der Waals surface area contributed by atoms with Gasteiger partial charge in [0, 0.05) is 16.3 Å². The normalized spacial score (nSPS) is 17.4. The number of phenols is 2. The van der Waals surface area contributed by atoms with E-state index in [1.165, 1.54) is 56.3 Å². The van der Waals surface area contributed by atoms with Gasteiger partial charge in [0.05, 0.1) is 5.75 Å². The van der Waals surface area contributed by atoms with E-state index in [9.17, 15) is 15.0 Å². The third kappa shape index (κ3) is 7.85. The number of carbonyl (C=O) groups excluding carboxylic acids is 1. The van der Waals surface area contributed by atoms with Crippen LogP contribution in [0.25, 0.3) is 0 Å². The Hall–Kier alpha value is -1.79. The summed E-state index contributed by atoms with van der Waals surface area (Å²) in [7, 11) is 0. The van der Waals surface area contributed by atoms with Crippen molar-refractivity contribution in [3.8, 4) is 11.5 Å². The smallest absolute Gasteiger partial charge is 0.230 e. The summed E-state index contributed by atoms with van der Waals surface area (Å²) in [5.41, 5.74) is 2.16. The van der Waals surface area contributed by atoms with Crippen LogP contribution >= 0.6 is 23.5 Å². The number of carbonyl (C=O) groups is 1. The molecule has 1 amide bonds. The summed E-state index contributed by atoms with van der Waals surface area (Å²) in [4.78, 5) is 14.6. The Morgan fingerprint density at radius 3 is 1.83 bits per heavy atom. The van der Waals surface area contributed by atoms with Gasteiger partial charge in [0.2, 0.25) is 5.91 Å². The number of aromatic hydroxyl groups is 2. The van der Waals surface area contributed by atoms with Gasteiger partial charge in [0.15, 0.2) is 0 Å². The number of amides is 1. The Balaban J connectivity index is 1.16. The maximum absolute atomic E-state index is 12.3. The lowest BCUT2D eigenvalue weighted by Gasteiger charge is -2.23. The fourth-order valence-corrected chi connectivity index (χ4v) is 7.09. The average Bonchev–Trinajstić information content (AvgIpc) is 2.90. The molecule has 0 aromatic heterocycles. The molecule has 35 heavy (non-hydrogen) atoms. The van der Waals surface area contributed by atoms with Crippen molar-refractivity contribution < 1.29 is 15.0 Å². The van der Waals surface area contributed by atoms with Crippen molar-refractivity contribution >= 4 is 29.4 Å². The van der Waals surface area contributed by atoms with Crippen LogP contribution in [-0.4, -0.2) is 34.2 Å². The lowest BCUT2D eigenvalue weighted by molar-refractivity contribution is -0.118. The molecule has 3 N–H and O–H groups in total. The van der Waals surface area contributed by atoms with E-state index in [1.807, 2.05) is 18.2 Å². The van der Waals surface area contributed by atoms with E-state index in [0.717, 1.165) is 41.0 Å². The van der Waals surface area contributed by atoms with Gasteiger partial charge in [-0.15, -0.1) is 23.5 Å². The first-order valence-electron chi connectivity index (χ1n) is 13.3. The SMILES string of the molecule is O=C(CSc1ccc(O)c(C2CCCCC2)c1)NCCCSc1ccc(O)c(C2CCCCC2)c1. The van der Waals surface area contributed by atoms with Gasteiger partial charge in [-0.3, -0.25) is 4.79 Å². The maximum Gasteiger partial charge on any atom is 0.230 e. The fourth-order valence-electron chi connectivity index (χ4n) is 5.42. The van der Waals surface area contributed by atoms with Gasteiger partial charge in [0.25, 0.3) is 0 Å². The number of thioether (sulfide) groups is 2. The number of hydrogen-bond acceptors (Lipinski definition) is 5. The molecule has 0 heterocycles. The van der Waals surface area contributed by atoms with Gasteiger partial charge in [-0.2, -0.15) is 0 Å². The zero-order valence-corrected chi connectivity index (χ0v) is 22.3. The molecule has 2 aliphatic rings. The lowest BCUT2D eigenvalue weighted by atomic mass is 9.84. The maximum atomic E-state index is 12.3. The van der Waals surface area contributed by atoms with Crippen molar-refractivity contribution in [1.82, 2.24) is 5.32 Å². The van der Waals surface area contributed by atoms with Crippen molar-refractivity contribution in [1.29, 1.82) is 0 Å². The van der Waals surface area contributed by atoms with Gasteiger partial charge in [0.1, 0.15) is 11.5 Å². The van der Waals surface area contributed by atoms with Crippen molar-refractivity contribution in [2.24, 2.45) is 0 Å². The minimum Gasteiger partial charge on any atom is -0.508 e. The summed E-state index contributed by atoms with van der Waals surface area (Å²) >= 11 is 3.33. The monoisotopic (exact) mass is 513 g/mol. The first-order valence-corrected chi connectivity index (χ1v) is 15.3. The van der Waals surface area contributed by atoms with Gasteiger partial charge in [-0.25, -0.2) is 0 Å². The first-order chi connectivity index (χ1) is 17.1. The molecule has 4 rings (SSSR count). The molecule has 0 bridgehead atoms. The Morgan fingerprint density at radius 2 is 1.29 bits per heavy atom. The molecule has 2 saturated carbocycles. The second-order valence-electron chi connectivity index (χ2n) is 9.95. The second-order valence-corrected chi connectivity index (χ2v) is 12.2. The number of benzene rings is 2. The highest BCUT2D eigenvalue weighted by atomic mass is 32.2. The molecule has 0 unspecified atom stereocenters. The van der Waals surface area contributed by atoms with Gasteiger partial charge < -0.3 is 15.5 Å². The fraction of sp³-hybridized carbons (Fsp3) is 0.552. The molecule has 4 nitrogen and oxygen atoms in total. The van der Waals surface area contributed by atoms with E-state index in [1.54, 1.807) is 29.6 Å². The van der Waals surface area contributed by atoms with Crippen molar-refractivity contribution in [3.05, 3.63) is 47.5 Å². The molecule has 0 atom stereocenters. The third-order valence-corrected chi connectivity index (χ3v) is 9.44. The third-order valence-electron chi connectivity index (χ3n) is 7.37. The molecule has 2 fully saturated rings. The minimum atomic E-state index is 0.0523. The highest BCUT2D eigenvalue weighted by Gasteiger charge is 2.20. The molecule has 2 aliphatic carbocycles. The number of nitrogens with one attached hydrogen (secondary N) is 1. The molecule has 2 aromatic carbocycles. The first kappa shape index (κ1) is 26.3. The van der Waals surface area contributed by atoms with Gasteiger partial charge in [-0.1, -0.05) is 38.5 Å². The Labute approximate surface area is 218 Å². The van der Waals surface area contributed by atoms with Crippen LogP contribution in [0.2, 0.25) is 0 Å². The quantitative estimate of drug-likeness (QED) is 0.226. The molecule has 0 spiro atoms. The van der Waals surface area contributed by atoms with Crippen LogP contribution in [0.3, 0.4) is 0 Å². The summed E-state index contributed by atoms with van der Waals surface area (Å²) in [6.07, 6.45) is 13.1. The second kappa shape index (κ2) is 13.5. The van der Waals surface area contributed by atoms with Crippen LogP contribution in [0.15, 0.2) is 46.2 Å². The highest BCUT2D eigenvalue weighted by molar-refractivity contribution is 8.00. The molecule has 2 aromatic rings. The van der Waals surface area contributed by atoms with Gasteiger partial charge >= 0.3 is 0 Å². The van der Waals surface area contributed by atoms with Crippen LogP contribution in [0, 0.1) is 0 Å². The van der Waals surface area contributed by atoms with E-state index < -0.39 is 0 Å². The summed E-state index contributed by atoms with van der Waals surface area (Å²) in [5.74, 6) is 3.15. The Bertz CT molecular complexity index is 968. The topological polar surface area (TPSA) is 69.6 Å². The molecular formula is C29H39NO3S2. The summed E-state index contributed by atoms with van der Waals surface area (Å²) in [5, 5.41) is 23.7. The van der Waals surface area contributed by atoms with Crippen molar-refractivity contribution in [2.45, 2.75) is 92.3 Å². The highest BCUT2D eigenvalue weighted by Crippen LogP contribution is 2.40. The molecule has 0 radical (unpaired) electrons. The summed E-state index contributed by atoms with van der Waals surface area (Å²) in [6.45, 7) is 0.670. The zero-order chi connectivity index (χ0) is 24.5. The van der Waals surface area contributed by atoms with E-state index >= 15 is 0 Å².